The maximum atomic E-state index is 5.22. The standard InChI is InChI=1S/C57H39N3/c1-57(45-19-6-3-7-20-45)52-24-11-10-23-49(52)50-30-29-42(35-53(50)57)38-25-27-39(28-26-38)46-31-32-51(48-22-9-8-21-47(46)48)55-36-54(59-56(60-55)40-14-4-2-5-15-40)43-17-12-16-41(34-43)44-18-13-33-58-37-44/h2-37H,1H3. The Morgan fingerprint density at radius 2 is 0.933 bits per heavy atom. The molecule has 0 aliphatic heterocycles. The second kappa shape index (κ2) is 14.6. The van der Waals surface area contributed by atoms with Crippen molar-refractivity contribution in [3.05, 3.63) is 235 Å². The molecule has 1 aliphatic carbocycles. The summed E-state index contributed by atoms with van der Waals surface area (Å²) in [6.07, 6.45) is 3.70. The Morgan fingerprint density at radius 3 is 1.73 bits per heavy atom. The molecule has 0 saturated heterocycles. The highest BCUT2D eigenvalue weighted by atomic mass is 14.9. The molecule has 1 unspecified atom stereocenters. The van der Waals surface area contributed by atoms with Gasteiger partial charge in [-0.3, -0.25) is 4.98 Å². The molecule has 3 heteroatoms. The van der Waals surface area contributed by atoms with Crippen LogP contribution in [0.3, 0.4) is 0 Å². The Balaban J connectivity index is 0.980. The van der Waals surface area contributed by atoms with Crippen molar-refractivity contribution >= 4 is 10.8 Å². The number of hydrogen-bond acceptors (Lipinski definition) is 3. The summed E-state index contributed by atoms with van der Waals surface area (Å²) < 4.78 is 0. The Labute approximate surface area is 350 Å². The maximum Gasteiger partial charge on any atom is 0.160 e. The zero-order chi connectivity index (χ0) is 40.0. The lowest BCUT2D eigenvalue weighted by Gasteiger charge is -2.28. The topological polar surface area (TPSA) is 38.7 Å². The summed E-state index contributed by atoms with van der Waals surface area (Å²) in [7, 11) is 0. The molecule has 0 bridgehead atoms. The van der Waals surface area contributed by atoms with Crippen molar-refractivity contribution < 1.29 is 0 Å². The van der Waals surface area contributed by atoms with E-state index in [4.69, 9.17) is 9.97 Å². The summed E-state index contributed by atoms with van der Waals surface area (Å²) in [5, 5.41) is 2.32. The Hall–Kier alpha value is -7.75. The molecule has 0 spiro atoms. The molecule has 2 heterocycles. The molecule has 2 aromatic heterocycles. The van der Waals surface area contributed by atoms with Gasteiger partial charge in [0, 0.05) is 40.1 Å². The Morgan fingerprint density at radius 1 is 0.350 bits per heavy atom. The second-order valence-electron chi connectivity index (χ2n) is 15.7. The van der Waals surface area contributed by atoms with Gasteiger partial charge in [-0.2, -0.15) is 0 Å². The zero-order valence-corrected chi connectivity index (χ0v) is 33.1. The summed E-state index contributed by atoms with van der Waals surface area (Å²) >= 11 is 0. The number of fused-ring (bicyclic) bond motifs is 4. The van der Waals surface area contributed by atoms with E-state index >= 15 is 0 Å². The van der Waals surface area contributed by atoms with Crippen LogP contribution in [-0.4, -0.2) is 15.0 Å². The van der Waals surface area contributed by atoms with Gasteiger partial charge in [-0.15, -0.1) is 0 Å². The van der Waals surface area contributed by atoms with Gasteiger partial charge in [0.25, 0.3) is 0 Å². The molecule has 3 nitrogen and oxygen atoms in total. The Kier molecular flexibility index (Phi) is 8.60. The molecule has 0 fully saturated rings. The lowest BCUT2D eigenvalue weighted by Crippen LogP contribution is -2.22. The van der Waals surface area contributed by atoms with E-state index in [1.807, 2.05) is 30.5 Å². The van der Waals surface area contributed by atoms with Crippen LogP contribution in [0.5, 0.6) is 0 Å². The summed E-state index contributed by atoms with van der Waals surface area (Å²) in [4.78, 5) is 14.7. The normalized spacial score (nSPS) is 14.2. The summed E-state index contributed by atoms with van der Waals surface area (Å²) in [6, 6.07) is 74.0. The lowest BCUT2D eigenvalue weighted by molar-refractivity contribution is 0.714. The smallest absolute Gasteiger partial charge is 0.160 e. The van der Waals surface area contributed by atoms with Gasteiger partial charge in [-0.25, -0.2) is 9.97 Å². The van der Waals surface area contributed by atoms with Crippen LogP contribution in [0.1, 0.15) is 23.6 Å². The van der Waals surface area contributed by atoms with Gasteiger partial charge >= 0.3 is 0 Å². The quantitative estimate of drug-likeness (QED) is 0.162. The highest BCUT2D eigenvalue weighted by Gasteiger charge is 2.40. The first kappa shape index (κ1) is 35.4. The summed E-state index contributed by atoms with van der Waals surface area (Å²) in [5.74, 6) is 0.693. The highest BCUT2D eigenvalue weighted by Crippen LogP contribution is 2.53. The highest BCUT2D eigenvalue weighted by molar-refractivity contribution is 6.05. The van der Waals surface area contributed by atoms with Gasteiger partial charge in [0.15, 0.2) is 5.82 Å². The van der Waals surface area contributed by atoms with E-state index in [9.17, 15) is 0 Å². The molecule has 8 aromatic carbocycles. The minimum atomic E-state index is -0.236. The molecule has 10 aromatic rings. The number of hydrogen-bond donors (Lipinski definition) is 0. The molecular weight excluding hydrogens is 727 g/mol. The molecule has 0 radical (unpaired) electrons. The average Bonchev–Trinajstić information content (AvgIpc) is 3.59. The summed E-state index contributed by atoms with van der Waals surface area (Å²) in [6.45, 7) is 2.38. The predicted octanol–water partition coefficient (Wildman–Crippen LogP) is 14.4. The fourth-order valence-corrected chi connectivity index (χ4v) is 9.21. The van der Waals surface area contributed by atoms with Crippen LogP contribution in [0, 0.1) is 0 Å². The first-order valence-electron chi connectivity index (χ1n) is 20.5. The maximum absolute atomic E-state index is 5.22. The van der Waals surface area contributed by atoms with Gasteiger partial charge in [0.05, 0.1) is 11.4 Å². The van der Waals surface area contributed by atoms with Crippen molar-refractivity contribution in [2.45, 2.75) is 12.3 Å². The molecular formula is C57H39N3. The average molecular weight is 766 g/mol. The van der Waals surface area contributed by atoms with Gasteiger partial charge in [-0.05, 0) is 97.6 Å². The fourth-order valence-electron chi connectivity index (χ4n) is 9.21. The van der Waals surface area contributed by atoms with Gasteiger partial charge in [-0.1, -0.05) is 182 Å². The van der Waals surface area contributed by atoms with Crippen LogP contribution in [0.15, 0.2) is 219 Å². The number of aromatic nitrogens is 3. The third-order valence-electron chi connectivity index (χ3n) is 12.3. The van der Waals surface area contributed by atoms with Crippen LogP contribution >= 0.6 is 0 Å². The van der Waals surface area contributed by atoms with Crippen molar-refractivity contribution in [1.29, 1.82) is 0 Å². The largest absolute Gasteiger partial charge is 0.264 e. The zero-order valence-electron chi connectivity index (χ0n) is 33.1. The van der Waals surface area contributed by atoms with Crippen molar-refractivity contribution in [2.75, 3.05) is 0 Å². The summed E-state index contributed by atoms with van der Waals surface area (Å²) in [5.41, 5.74) is 18.2. The van der Waals surface area contributed by atoms with E-state index in [1.165, 1.54) is 55.5 Å². The molecule has 0 amide bonds. The number of nitrogens with zero attached hydrogens (tertiary/aromatic N) is 3. The molecule has 11 rings (SSSR count). The third kappa shape index (κ3) is 6.02. The number of benzene rings is 8. The van der Waals surface area contributed by atoms with Crippen LogP contribution in [0.25, 0.3) is 89.2 Å². The van der Waals surface area contributed by atoms with Crippen molar-refractivity contribution in [3.8, 4) is 78.4 Å². The molecule has 0 N–H and O–H groups in total. The van der Waals surface area contributed by atoms with Crippen molar-refractivity contribution in [2.24, 2.45) is 0 Å². The van der Waals surface area contributed by atoms with Gasteiger partial charge in [0.2, 0.25) is 0 Å². The van der Waals surface area contributed by atoms with E-state index in [0.717, 1.165) is 44.6 Å². The Bertz CT molecular complexity index is 3190. The van der Waals surface area contributed by atoms with E-state index in [0.29, 0.717) is 5.82 Å². The second-order valence-corrected chi connectivity index (χ2v) is 15.7. The van der Waals surface area contributed by atoms with Gasteiger partial charge in [0.1, 0.15) is 0 Å². The fraction of sp³-hybridized carbons (Fsp3) is 0.0351. The van der Waals surface area contributed by atoms with E-state index in [1.54, 1.807) is 6.20 Å². The van der Waals surface area contributed by atoms with E-state index in [-0.39, 0.29) is 5.41 Å². The molecule has 0 saturated carbocycles. The first-order valence-corrected chi connectivity index (χ1v) is 20.5. The SMILES string of the molecule is CC1(c2ccccc2)c2ccccc2-c2ccc(-c3ccc(-c4ccc(-c5cc(-c6cccc(-c7cccnc7)c6)nc(-c6ccccc6)n5)c5ccccc45)cc3)cc21. The molecule has 282 valence electrons. The van der Waals surface area contributed by atoms with Crippen molar-refractivity contribution in [3.63, 3.8) is 0 Å². The van der Waals surface area contributed by atoms with Gasteiger partial charge < -0.3 is 0 Å². The monoisotopic (exact) mass is 765 g/mol. The van der Waals surface area contributed by atoms with Crippen LogP contribution < -0.4 is 0 Å². The van der Waals surface area contributed by atoms with Crippen LogP contribution in [0.2, 0.25) is 0 Å². The molecule has 1 atom stereocenters. The lowest BCUT2D eigenvalue weighted by atomic mass is 9.74. The minimum absolute atomic E-state index is 0.236. The first-order chi connectivity index (χ1) is 29.6. The third-order valence-corrected chi connectivity index (χ3v) is 12.3. The van der Waals surface area contributed by atoms with Crippen LogP contribution in [-0.2, 0) is 5.41 Å². The number of pyridine rings is 1. The van der Waals surface area contributed by atoms with Crippen molar-refractivity contribution in [1.82, 2.24) is 15.0 Å². The predicted molar refractivity (Wildman–Crippen MR) is 247 cm³/mol. The number of rotatable bonds is 7. The minimum Gasteiger partial charge on any atom is -0.264 e. The van der Waals surface area contributed by atoms with E-state index < -0.39 is 0 Å². The molecule has 60 heavy (non-hydrogen) atoms. The molecule has 1 aliphatic rings. The van der Waals surface area contributed by atoms with Crippen LogP contribution in [0.4, 0.5) is 0 Å². The van der Waals surface area contributed by atoms with E-state index in [2.05, 4.69) is 194 Å².